The van der Waals surface area contributed by atoms with Crippen LogP contribution < -0.4 is 4.90 Å². The van der Waals surface area contributed by atoms with Gasteiger partial charge in [0.25, 0.3) is 0 Å². The lowest BCUT2D eigenvalue weighted by atomic mass is 10.4. The van der Waals surface area contributed by atoms with Crippen molar-refractivity contribution in [2.24, 2.45) is 0 Å². The van der Waals surface area contributed by atoms with Gasteiger partial charge in [-0.05, 0) is 44.1 Å². The number of hydrogen-bond donors (Lipinski definition) is 0. The monoisotopic (exact) mass is 272 g/mol. The van der Waals surface area contributed by atoms with Crippen molar-refractivity contribution in [1.29, 1.82) is 0 Å². The lowest BCUT2D eigenvalue weighted by Crippen LogP contribution is -2.34. The van der Waals surface area contributed by atoms with E-state index in [0.717, 1.165) is 24.8 Å². The molecule has 0 amide bonds. The molecule has 0 aliphatic carbocycles. The third-order valence-electron chi connectivity index (χ3n) is 3.65. The first-order valence-electron chi connectivity index (χ1n) is 7.18. The van der Waals surface area contributed by atoms with E-state index in [2.05, 4.69) is 19.8 Å². The van der Waals surface area contributed by atoms with Crippen molar-refractivity contribution >= 4 is 5.95 Å². The first-order valence-corrected chi connectivity index (χ1v) is 7.18. The van der Waals surface area contributed by atoms with Crippen LogP contribution in [0.2, 0.25) is 0 Å². The molecule has 3 heterocycles. The van der Waals surface area contributed by atoms with Crippen molar-refractivity contribution in [3.8, 4) is 0 Å². The summed E-state index contributed by atoms with van der Waals surface area (Å²) in [5.74, 6) is 1.71. The Bertz CT molecular complexity index is 494. The highest BCUT2D eigenvalue weighted by atomic mass is 16.3. The van der Waals surface area contributed by atoms with Gasteiger partial charge in [-0.1, -0.05) is 0 Å². The lowest BCUT2D eigenvalue weighted by molar-refractivity contribution is 0.342. The van der Waals surface area contributed by atoms with E-state index >= 15 is 0 Å². The van der Waals surface area contributed by atoms with E-state index in [-0.39, 0.29) is 0 Å². The second-order valence-electron chi connectivity index (χ2n) is 5.10. The van der Waals surface area contributed by atoms with E-state index in [9.17, 15) is 0 Å². The molecule has 0 saturated carbocycles. The van der Waals surface area contributed by atoms with E-state index in [4.69, 9.17) is 4.42 Å². The van der Waals surface area contributed by atoms with Gasteiger partial charge in [0.2, 0.25) is 5.95 Å². The van der Waals surface area contributed by atoms with Crippen LogP contribution in [0.1, 0.15) is 18.6 Å². The van der Waals surface area contributed by atoms with Gasteiger partial charge in [0.15, 0.2) is 0 Å². The molecular weight excluding hydrogens is 252 g/mol. The molecule has 1 aliphatic heterocycles. The van der Waals surface area contributed by atoms with E-state index in [1.807, 2.05) is 18.2 Å². The number of furan rings is 1. The molecule has 0 N–H and O–H groups in total. The van der Waals surface area contributed by atoms with Crippen molar-refractivity contribution in [3.05, 3.63) is 42.6 Å². The van der Waals surface area contributed by atoms with Gasteiger partial charge in [-0.2, -0.15) is 0 Å². The van der Waals surface area contributed by atoms with Crippen LogP contribution in [0.5, 0.6) is 0 Å². The van der Waals surface area contributed by atoms with Gasteiger partial charge in [-0.25, -0.2) is 9.97 Å². The molecular formula is C15H20N4O. The Labute approximate surface area is 119 Å². The molecule has 2 aromatic rings. The summed E-state index contributed by atoms with van der Waals surface area (Å²) in [6, 6.07) is 5.75. The highest BCUT2D eigenvalue weighted by Gasteiger charge is 2.16. The van der Waals surface area contributed by atoms with Crippen LogP contribution in [0, 0.1) is 0 Å². The topological polar surface area (TPSA) is 45.4 Å². The molecule has 0 aromatic carbocycles. The zero-order chi connectivity index (χ0) is 13.6. The quantitative estimate of drug-likeness (QED) is 0.806. The molecule has 2 aromatic heterocycles. The molecule has 3 rings (SSSR count). The molecule has 0 unspecified atom stereocenters. The molecule has 1 fully saturated rings. The largest absolute Gasteiger partial charge is 0.467 e. The summed E-state index contributed by atoms with van der Waals surface area (Å²) in [7, 11) is 0. The Morgan fingerprint density at radius 1 is 1.15 bits per heavy atom. The van der Waals surface area contributed by atoms with E-state index in [1.165, 1.54) is 25.9 Å². The van der Waals surface area contributed by atoms with Crippen LogP contribution in [0.15, 0.2) is 41.3 Å². The van der Waals surface area contributed by atoms with Gasteiger partial charge in [0.05, 0.1) is 12.8 Å². The number of rotatable bonds is 6. The second-order valence-corrected chi connectivity index (χ2v) is 5.10. The second kappa shape index (κ2) is 6.52. The van der Waals surface area contributed by atoms with Crippen LogP contribution in [0.3, 0.4) is 0 Å². The summed E-state index contributed by atoms with van der Waals surface area (Å²) in [6.45, 7) is 5.11. The summed E-state index contributed by atoms with van der Waals surface area (Å²) in [6.07, 6.45) is 7.92. The highest BCUT2D eigenvalue weighted by Crippen LogP contribution is 2.13. The predicted molar refractivity (Wildman–Crippen MR) is 77.5 cm³/mol. The molecule has 0 bridgehead atoms. The molecule has 0 spiro atoms. The summed E-state index contributed by atoms with van der Waals surface area (Å²) in [4.78, 5) is 13.4. The maximum absolute atomic E-state index is 5.45. The van der Waals surface area contributed by atoms with Gasteiger partial charge in [-0.3, -0.25) is 0 Å². The van der Waals surface area contributed by atoms with Gasteiger partial charge in [0.1, 0.15) is 5.76 Å². The minimum absolute atomic E-state index is 0.713. The zero-order valence-corrected chi connectivity index (χ0v) is 11.6. The van der Waals surface area contributed by atoms with Crippen LogP contribution in [0.25, 0.3) is 0 Å². The Kier molecular flexibility index (Phi) is 4.28. The van der Waals surface area contributed by atoms with Crippen LogP contribution >= 0.6 is 0 Å². The SMILES string of the molecule is c1cnc(N(CCN2CCCC2)Cc2ccco2)nc1. The molecule has 0 radical (unpaired) electrons. The van der Waals surface area contributed by atoms with Crippen molar-refractivity contribution in [1.82, 2.24) is 14.9 Å². The Hall–Kier alpha value is -1.88. The van der Waals surface area contributed by atoms with Gasteiger partial charge in [0, 0.05) is 25.5 Å². The van der Waals surface area contributed by atoms with Gasteiger partial charge < -0.3 is 14.2 Å². The average Bonchev–Trinajstić information content (AvgIpc) is 3.18. The number of aromatic nitrogens is 2. The van der Waals surface area contributed by atoms with Crippen molar-refractivity contribution in [2.75, 3.05) is 31.1 Å². The van der Waals surface area contributed by atoms with Crippen molar-refractivity contribution in [3.63, 3.8) is 0 Å². The maximum atomic E-state index is 5.45. The smallest absolute Gasteiger partial charge is 0.225 e. The first-order chi connectivity index (χ1) is 9.92. The normalized spacial score (nSPS) is 15.6. The minimum Gasteiger partial charge on any atom is -0.467 e. The average molecular weight is 272 g/mol. The van der Waals surface area contributed by atoms with Crippen molar-refractivity contribution in [2.45, 2.75) is 19.4 Å². The first kappa shape index (κ1) is 13.1. The predicted octanol–water partition coefficient (Wildman–Crippen LogP) is 2.17. The third-order valence-corrected chi connectivity index (χ3v) is 3.65. The van der Waals surface area contributed by atoms with Gasteiger partial charge >= 0.3 is 0 Å². The fourth-order valence-corrected chi connectivity index (χ4v) is 2.56. The standard InChI is InChI=1S/C15H20N4O/c1-2-9-18(8-1)10-11-19(13-14-5-3-12-20-14)15-16-6-4-7-17-15/h3-7,12H,1-2,8-11,13H2. The van der Waals surface area contributed by atoms with Crippen molar-refractivity contribution < 1.29 is 4.42 Å². The summed E-state index contributed by atoms with van der Waals surface area (Å²) >= 11 is 0. The Morgan fingerprint density at radius 2 is 1.95 bits per heavy atom. The summed E-state index contributed by atoms with van der Waals surface area (Å²) in [5, 5.41) is 0. The van der Waals surface area contributed by atoms with Gasteiger partial charge in [-0.15, -0.1) is 0 Å². The molecule has 1 aliphatic rings. The molecule has 0 atom stereocenters. The zero-order valence-electron chi connectivity index (χ0n) is 11.6. The summed E-state index contributed by atoms with van der Waals surface area (Å²) < 4.78 is 5.45. The fourth-order valence-electron chi connectivity index (χ4n) is 2.56. The van der Waals surface area contributed by atoms with E-state index < -0.39 is 0 Å². The number of nitrogens with zero attached hydrogens (tertiary/aromatic N) is 4. The molecule has 5 heteroatoms. The van der Waals surface area contributed by atoms with E-state index in [1.54, 1.807) is 18.7 Å². The van der Waals surface area contributed by atoms with Crippen LogP contribution in [0.4, 0.5) is 5.95 Å². The number of likely N-dealkylation sites (tertiary alicyclic amines) is 1. The lowest BCUT2D eigenvalue weighted by Gasteiger charge is -2.24. The maximum Gasteiger partial charge on any atom is 0.225 e. The number of anilines is 1. The van der Waals surface area contributed by atoms with Crippen LogP contribution in [-0.4, -0.2) is 41.0 Å². The minimum atomic E-state index is 0.713. The third kappa shape index (κ3) is 3.36. The van der Waals surface area contributed by atoms with Crippen LogP contribution in [-0.2, 0) is 6.54 Å². The molecule has 1 saturated heterocycles. The molecule has 20 heavy (non-hydrogen) atoms. The summed E-state index contributed by atoms with van der Waals surface area (Å²) in [5.41, 5.74) is 0. The Balaban J connectivity index is 1.66. The molecule has 106 valence electrons. The number of hydrogen-bond acceptors (Lipinski definition) is 5. The fraction of sp³-hybridized carbons (Fsp3) is 0.467. The molecule has 5 nitrogen and oxygen atoms in total. The highest BCUT2D eigenvalue weighted by molar-refractivity contribution is 5.29. The van der Waals surface area contributed by atoms with E-state index in [0.29, 0.717) is 6.54 Å². The Morgan fingerprint density at radius 3 is 2.65 bits per heavy atom.